The van der Waals surface area contributed by atoms with Crippen LogP contribution in [0.5, 0.6) is 0 Å². The van der Waals surface area contributed by atoms with Crippen LogP contribution < -0.4 is 5.32 Å². The summed E-state index contributed by atoms with van der Waals surface area (Å²) in [6, 6.07) is 3.48. The summed E-state index contributed by atoms with van der Waals surface area (Å²) in [4.78, 5) is 34.7. The minimum atomic E-state index is -0.394. The Balaban J connectivity index is 1.89. The Hall–Kier alpha value is -2.84. The van der Waals surface area contributed by atoms with Gasteiger partial charge in [-0.2, -0.15) is 0 Å². The van der Waals surface area contributed by atoms with Gasteiger partial charge in [0.2, 0.25) is 0 Å². The Kier molecular flexibility index (Phi) is 6.90. The van der Waals surface area contributed by atoms with Gasteiger partial charge in [-0.15, -0.1) is 0 Å². The van der Waals surface area contributed by atoms with Crippen molar-refractivity contribution in [3.63, 3.8) is 0 Å². The number of nitrogens with one attached hydrogen (secondary N) is 1. The number of thiazole rings is 1. The molecule has 1 fully saturated rings. The summed E-state index contributed by atoms with van der Waals surface area (Å²) >= 11 is 1.15. The number of nitrogens with zero attached hydrogens (tertiary/aromatic N) is 2. The van der Waals surface area contributed by atoms with E-state index in [4.69, 9.17) is 9.15 Å². The number of carbonyl (C=O) groups is 2. The molecule has 2 aromatic rings. The molecule has 0 aromatic carbocycles. The van der Waals surface area contributed by atoms with Gasteiger partial charge in [0.1, 0.15) is 10.6 Å². The second-order valence-corrected chi connectivity index (χ2v) is 7.74. The van der Waals surface area contributed by atoms with E-state index < -0.39 is 5.91 Å². The molecule has 29 heavy (non-hydrogen) atoms. The highest BCUT2D eigenvalue weighted by Gasteiger charge is 2.29. The van der Waals surface area contributed by atoms with Crippen molar-refractivity contribution in [3.8, 4) is 11.5 Å². The molecule has 0 bridgehead atoms. The Labute approximate surface area is 173 Å². The number of aromatic nitrogens is 1. The molecule has 0 atom stereocenters. The number of hydrogen-bond acceptors (Lipinski definition) is 7. The minimum absolute atomic E-state index is 0.00314. The zero-order chi connectivity index (χ0) is 20.8. The van der Waals surface area contributed by atoms with E-state index in [1.807, 2.05) is 13.8 Å². The lowest BCUT2D eigenvalue weighted by molar-refractivity contribution is -0.112. The quantitative estimate of drug-likeness (QED) is 0.312. The van der Waals surface area contributed by atoms with Crippen molar-refractivity contribution in [3.05, 3.63) is 47.7 Å². The van der Waals surface area contributed by atoms with Crippen LogP contribution in [0.1, 0.15) is 36.4 Å². The summed E-state index contributed by atoms with van der Waals surface area (Å²) in [6.07, 6.45) is 5.75. The fourth-order valence-electron chi connectivity index (χ4n) is 2.84. The van der Waals surface area contributed by atoms with Crippen molar-refractivity contribution in [2.24, 2.45) is 10.9 Å². The first-order valence-electron chi connectivity index (χ1n) is 9.31. The largest absolute Gasteiger partial charge is 0.463 e. The van der Waals surface area contributed by atoms with Crippen LogP contribution in [-0.4, -0.2) is 35.6 Å². The maximum Gasteiger partial charge on any atom is 0.258 e. The van der Waals surface area contributed by atoms with E-state index in [1.165, 1.54) is 18.5 Å². The third-order valence-corrected chi connectivity index (χ3v) is 5.35. The molecular weight excluding hydrogens is 390 g/mol. The maximum absolute atomic E-state index is 13.1. The van der Waals surface area contributed by atoms with Gasteiger partial charge in [0.05, 0.1) is 11.8 Å². The third-order valence-electron chi connectivity index (χ3n) is 4.36. The first kappa shape index (κ1) is 20.9. The van der Waals surface area contributed by atoms with Crippen molar-refractivity contribution in [1.82, 2.24) is 4.98 Å². The standard InChI is InChI=1S/C21H23N3O4S/c1-4-14(12-22-13(2)3)20(26)24-21-23-17(16-6-5-9-28-16)19(29-21)18(25)15-7-10-27-11-8-15/h4-6,9,12,15H,1,7-8,10-11H2,2-3H3,(H,23,24,26)/b14-12+. The van der Waals surface area contributed by atoms with Gasteiger partial charge in [-0.25, -0.2) is 4.98 Å². The van der Waals surface area contributed by atoms with Crippen LogP contribution in [0.15, 0.2) is 52.2 Å². The van der Waals surface area contributed by atoms with Gasteiger partial charge in [0.15, 0.2) is 16.7 Å². The van der Waals surface area contributed by atoms with Gasteiger partial charge in [-0.1, -0.05) is 24.0 Å². The maximum atomic E-state index is 13.1. The minimum Gasteiger partial charge on any atom is -0.463 e. The van der Waals surface area contributed by atoms with Gasteiger partial charge in [0.25, 0.3) is 5.91 Å². The number of aliphatic imine (C=N–C) groups is 1. The van der Waals surface area contributed by atoms with Crippen molar-refractivity contribution in [1.29, 1.82) is 0 Å². The molecule has 1 N–H and O–H groups in total. The lowest BCUT2D eigenvalue weighted by atomic mass is 9.94. The van der Waals surface area contributed by atoms with Gasteiger partial charge in [-0.3, -0.25) is 19.9 Å². The smallest absolute Gasteiger partial charge is 0.258 e. The molecule has 1 amide bonds. The average molecular weight is 413 g/mol. The second-order valence-electron chi connectivity index (χ2n) is 6.74. The van der Waals surface area contributed by atoms with Crippen LogP contribution in [0.4, 0.5) is 5.13 Å². The van der Waals surface area contributed by atoms with Crippen molar-refractivity contribution >= 4 is 33.9 Å². The molecule has 0 saturated carbocycles. The first-order valence-corrected chi connectivity index (χ1v) is 10.1. The zero-order valence-electron chi connectivity index (χ0n) is 16.4. The predicted molar refractivity (Wildman–Crippen MR) is 113 cm³/mol. The summed E-state index contributed by atoms with van der Waals surface area (Å²) in [7, 11) is 0. The summed E-state index contributed by atoms with van der Waals surface area (Å²) in [5.74, 6) is -0.0204. The number of furan rings is 1. The molecule has 7 nitrogen and oxygen atoms in total. The number of carbonyl (C=O) groups excluding carboxylic acids is 2. The Morgan fingerprint density at radius 1 is 1.34 bits per heavy atom. The Bertz CT molecular complexity index is 947. The van der Waals surface area contributed by atoms with Gasteiger partial charge >= 0.3 is 0 Å². The highest BCUT2D eigenvalue weighted by atomic mass is 32.1. The molecule has 8 heteroatoms. The number of rotatable bonds is 7. The van der Waals surface area contributed by atoms with Crippen molar-refractivity contribution in [2.75, 3.05) is 18.5 Å². The monoisotopic (exact) mass is 413 g/mol. The van der Waals surface area contributed by atoms with E-state index in [0.717, 1.165) is 17.0 Å². The SMILES string of the molecule is C=C/C(=C\N=C(C)C)C(=O)Nc1nc(-c2ccco2)c(C(=O)C2CCOCC2)s1. The van der Waals surface area contributed by atoms with Crippen molar-refractivity contribution in [2.45, 2.75) is 26.7 Å². The molecular formula is C21H23N3O4S. The summed E-state index contributed by atoms with van der Waals surface area (Å²) in [5.41, 5.74) is 1.56. The highest BCUT2D eigenvalue weighted by Crippen LogP contribution is 2.35. The lowest BCUT2D eigenvalue weighted by Crippen LogP contribution is -2.23. The van der Waals surface area contributed by atoms with E-state index in [1.54, 1.807) is 12.1 Å². The number of anilines is 1. The fraction of sp³-hybridized carbons (Fsp3) is 0.333. The van der Waals surface area contributed by atoms with Crippen LogP contribution in [0, 0.1) is 5.92 Å². The highest BCUT2D eigenvalue weighted by molar-refractivity contribution is 7.18. The van der Waals surface area contributed by atoms with Crippen LogP contribution in [0.2, 0.25) is 0 Å². The Morgan fingerprint density at radius 3 is 2.72 bits per heavy atom. The average Bonchev–Trinajstić information content (AvgIpc) is 3.38. The van der Waals surface area contributed by atoms with Crippen LogP contribution in [0.25, 0.3) is 11.5 Å². The molecule has 0 spiro atoms. The van der Waals surface area contributed by atoms with Gasteiger partial charge in [0, 0.05) is 31.0 Å². The fourth-order valence-corrected chi connectivity index (χ4v) is 3.82. The van der Waals surface area contributed by atoms with E-state index >= 15 is 0 Å². The second kappa shape index (κ2) is 9.58. The number of Topliss-reactive ketones (excluding diaryl/α,β-unsaturated/α-hetero) is 1. The van der Waals surface area contributed by atoms with Crippen LogP contribution in [0.3, 0.4) is 0 Å². The Morgan fingerprint density at radius 2 is 2.10 bits per heavy atom. The molecule has 0 unspecified atom stereocenters. The zero-order valence-corrected chi connectivity index (χ0v) is 17.3. The van der Waals surface area contributed by atoms with E-state index in [2.05, 4.69) is 21.9 Å². The van der Waals surface area contributed by atoms with Gasteiger partial charge < -0.3 is 9.15 Å². The van der Waals surface area contributed by atoms with Crippen LogP contribution >= 0.6 is 11.3 Å². The summed E-state index contributed by atoms with van der Waals surface area (Å²) < 4.78 is 10.8. The normalized spacial score (nSPS) is 15.0. The molecule has 2 aromatic heterocycles. The van der Waals surface area contributed by atoms with E-state index in [9.17, 15) is 9.59 Å². The molecule has 1 aliphatic rings. The molecule has 152 valence electrons. The van der Waals surface area contributed by atoms with E-state index in [0.29, 0.717) is 53.1 Å². The summed E-state index contributed by atoms with van der Waals surface area (Å²) in [5, 5.41) is 3.06. The number of hydrogen-bond donors (Lipinski definition) is 1. The third kappa shape index (κ3) is 5.16. The number of ether oxygens (including phenoxy) is 1. The summed E-state index contributed by atoms with van der Waals surface area (Å²) in [6.45, 7) is 8.46. The predicted octanol–water partition coefficient (Wildman–Crippen LogP) is 4.50. The molecule has 1 aliphatic heterocycles. The molecule has 3 rings (SSSR count). The molecule has 1 saturated heterocycles. The number of ketones is 1. The first-order chi connectivity index (χ1) is 14.0. The molecule has 0 aliphatic carbocycles. The van der Waals surface area contributed by atoms with E-state index in [-0.39, 0.29) is 11.7 Å². The topological polar surface area (TPSA) is 93.8 Å². The van der Waals surface area contributed by atoms with Gasteiger partial charge in [-0.05, 0) is 38.8 Å². The molecule has 3 heterocycles. The van der Waals surface area contributed by atoms with Crippen molar-refractivity contribution < 1.29 is 18.7 Å². The lowest BCUT2D eigenvalue weighted by Gasteiger charge is -2.20. The molecule has 0 radical (unpaired) electrons. The van der Waals surface area contributed by atoms with Crippen LogP contribution in [-0.2, 0) is 9.53 Å². The number of amides is 1.